The van der Waals surface area contributed by atoms with Gasteiger partial charge in [-0.3, -0.25) is 24.0 Å². The van der Waals surface area contributed by atoms with Crippen molar-refractivity contribution < 1.29 is 18.4 Å². The summed E-state index contributed by atoms with van der Waals surface area (Å²) >= 11 is 0. The van der Waals surface area contributed by atoms with Crippen LogP contribution >= 0.6 is 0 Å². The second-order valence-electron chi connectivity index (χ2n) is 10.3. The molecule has 2 aliphatic rings. The Hall–Kier alpha value is -2.59. The van der Waals surface area contributed by atoms with Gasteiger partial charge in [-0.2, -0.15) is 0 Å². The molecule has 1 N–H and O–H groups in total. The second kappa shape index (κ2) is 11.2. The number of aromatic nitrogens is 2. The lowest BCUT2D eigenvalue weighted by molar-refractivity contribution is -0.135. The minimum absolute atomic E-state index is 0.0208. The molecule has 2 aliphatic heterocycles. The number of imidazole rings is 1. The number of aryl methyl sites for hydroxylation is 1. The van der Waals surface area contributed by atoms with Crippen LogP contribution in [0.3, 0.4) is 0 Å². The summed E-state index contributed by atoms with van der Waals surface area (Å²) in [5.74, 6) is -3.21. The van der Waals surface area contributed by atoms with Crippen molar-refractivity contribution in [1.82, 2.24) is 24.3 Å². The first-order valence-corrected chi connectivity index (χ1v) is 13.0. The van der Waals surface area contributed by atoms with E-state index in [4.69, 9.17) is 0 Å². The predicted molar refractivity (Wildman–Crippen MR) is 134 cm³/mol. The number of piperidine rings is 2. The van der Waals surface area contributed by atoms with Crippen LogP contribution in [0.15, 0.2) is 23.0 Å². The number of alkyl halides is 2. The van der Waals surface area contributed by atoms with E-state index in [1.165, 1.54) is 4.57 Å². The molecule has 0 aliphatic carbocycles. The number of fused-ring (bicyclic) bond motifs is 1. The normalized spacial score (nSPS) is 20.9. The van der Waals surface area contributed by atoms with Gasteiger partial charge < -0.3 is 9.80 Å². The third kappa shape index (κ3) is 6.03. The number of hydrogen-bond acceptors (Lipinski definition) is 5. The maximum atomic E-state index is 13.3. The molecule has 2 fully saturated rings. The molecule has 4 rings (SSSR count). The molecule has 36 heavy (non-hydrogen) atoms. The van der Waals surface area contributed by atoms with Crippen LogP contribution in [0.4, 0.5) is 8.78 Å². The van der Waals surface area contributed by atoms with Crippen LogP contribution < -0.4 is 11.0 Å². The Kier molecular flexibility index (Phi) is 8.24. The summed E-state index contributed by atoms with van der Waals surface area (Å²) in [6.45, 7) is 3.47. The summed E-state index contributed by atoms with van der Waals surface area (Å²) in [6, 6.07) is 5.08. The van der Waals surface area contributed by atoms with Crippen LogP contribution in [-0.4, -0.2) is 69.9 Å². The van der Waals surface area contributed by atoms with Gasteiger partial charge in [0.1, 0.15) is 6.04 Å². The summed E-state index contributed by atoms with van der Waals surface area (Å²) in [7, 11) is 3.78. The van der Waals surface area contributed by atoms with Crippen molar-refractivity contribution in [3.63, 3.8) is 0 Å². The molecule has 0 radical (unpaired) electrons. The minimum atomic E-state index is -2.48. The first-order valence-electron chi connectivity index (χ1n) is 13.0. The zero-order valence-electron chi connectivity index (χ0n) is 21.3. The molecule has 2 amide bonds. The Bertz CT molecular complexity index is 1150. The highest BCUT2D eigenvalue weighted by Crippen LogP contribution is 2.28. The topological polar surface area (TPSA) is 79.6 Å². The van der Waals surface area contributed by atoms with E-state index in [-0.39, 0.29) is 30.9 Å². The van der Waals surface area contributed by atoms with Gasteiger partial charge in [-0.15, -0.1) is 0 Å². The lowest BCUT2D eigenvalue weighted by Crippen LogP contribution is -2.44. The maximum Gasteiger partial charge on any atom is 0.329 e. The molecule has 2 aromatic rings. The number of likely N-dealkylation sites (tertiary alicyclic amines) is 1. The Morgan fingerprint density at radius 3 is 2.53 bits per heavy atom. The number of para-hydroxylation sites is 1. The number of imide groups is 1. The molecule has 1 aromatic heterocycles. The molecule has 8 nitrogen and oxygen atoms in total. The number of benzene rings is 1. The van der Waals surface area contributed by atoms with Gasteiger partial charge in [-0.1, -0.05) is 25.0 Å². The molecular weight excluding hydrogens is 468 g/mol. The number of unbranched alkanes of at least 4 members (excludes halogenated alkanes) is 3. The van der Waals surface area contributed by atoms with Gasteiger partial charge in [-0.25, -0.2) is 13.6 Å². The number of nitrogens with one attached hydrogen (secondary N) is 1. The Morgan fingerprint density at radius 1 is 1.08 bits per heavy atom. The third-order valence-electron chi connectivity index (χ3n) is 7.50. The van der Waals surface area contributed by atoms with Gasteiger partial charge in [0.05, 0.1) is 11.0 Å². The maximum absolute atomic E-state index is 13.3. The van der Waals surface area contributed by atoms with Gasteiger partial charge in [0.15, 0.2) is 0 Å². The quantitative estimate of drug-likeness (QED) is 0.397. The SMILES string of the molecule is CN(CCCCCCN1CCC(F)(F)CC1)Cc1cccc2c1n(C)c(=O)n2C1CCC(=O)NC1=O. The average molecular weight is 506 g/mol. The van der Waals surface area contributed by atoms with Crippen molar-refractivity contribution in [2.75, 3.05) is 33.2 Å². The zero-order valence-corrected chi connectivity index (χ0v) is 21.3. The van der Waals surface area contributed by atoms with E-state index in [1.807, 2.05) is 18.2 Å². The van der Waals surface area contributed by atoms with Crippen LogP contribution in [0.1, 0.15) is 63.0 Å². The van der Waals surface area contributed by atoms with Crippen molar-refractivity contribution in [2.45, 2.75) is 69.9 Å². The molecule has 1 aromatic carbocycles. The number of amides is 2. The summed E-state index contributed by atoms with van der Waals surface area (Å²) in [4.78, 5) is 41.5. The summed E-state index contributed by atoms with van der Waals surface area (Å²) < 4.78 is 29.6. The van der Waals surface area contributed by atoms with Crippen LogP contribution in [-0.2, 0) is 23.2 Å². The first kappa shape index (κ1) is 26.5. The van der Waals surface area contributed by atoms with Crippen LogP contribution in [0.25, 0.3) is 11.0 Å². The van der Waals surface area contributed by atoms with Crippen LogP contribution in [0.2, 0.25) is 0 Å². The summed E-state index contributed by atoms with van der Waals surface area (Å²) in [5, 5.41) is 2.35. The van der Waals surface area contributed by atoms with Gasteiger partial charge in [0.25, 0.3) is 5.92 Å². The molecule has 1 unspecified atom stereocenters. The van der Waals surface area contributed by atoms with E-state index in [1.54, 1.807) is 11.6 Å². The average Bonchev–Trinajstić information content (AvgIpc) is 3.08. The van der Waals surface area contributed by atoms with Gasteiger partial charge in [-0.05, 0) is 51.0 Å². The lowest BCUT2D eigenvalue weighted by atomic mass is 10.1. The lowest BCUT2D eigenvalue weighted by Gasteiger charge is -2.31. The van der Waals surface area contributed by atoms with E-state index in [9.17, 15) is 23.2 Å². The first-order chi connectivity index (χ1) is 17.2. The Morgan fingerprint density at radius 2 is 1.81 bits per heavy atom. The van der Waals surface area contributed by atoms with Gasteiger partial charge >= 0.3 is 5.69 Å². The number of halogens is 2. The van der Waals surface area contributed by atoms with Crippen molar-refractivity contribution in [3.8, 4) is 0 Å². The number of hydrogen-bond donors (Lipinski definition) is 1. The Labute approximate surface area is 210 Å². The minimum Gasteiger partial charge on any atom is -0.303 e. The number of carbonyl (C=O) groups is 2. The van der Waals surface area contributed by atoms with Crippen molar-refractivity contribution >= 4 is 22.8 Å². The fraction of sp³-hybridized carbons (Fsp3) is 0.654. The van der Waals surface area contributed by atoms with E-state index in [2.05, 4.69) is 22.2 Å². The predicted octanol–water partition coefficient (Wildman–Crippen LogP) is 3.04. The van der Waals surface area contributed by atoms with Crippen LogP contribution in [0, 0.1) is 0 Å². The molecule has 1 atom stereocenters. The molecule has 3 heterocycles. The summed E-state index contributed by atoms with van der Waals surface area (Å²) in [5.41, 5.74) is 2.28. The van der Waals surface area contributed by atoms with Crippen molar-refractivity contribution in [1.29, 1.82) is 0 Å². The van der Waals surface area contributed by atoms with Crippen molar-refractivity contribution in [3.05, 3.63) is 34.2 Å². The van der Waals surface area contributed by atoms with Crippen molar-refractivity contribution in [2.24, 2.45) is 7.05 Å². The molecule has 2 saturated heterocycles. The zero-order chi connectivity index (χ0) is 25.9. The highest BCUT2D eigenvalue weighted by atomic mass is 19.3. The van der Waals surface area contributed by atoms with E-state index in [0.717, 1.165) is 49.9 Å². The highest BCUT2D eigenvalue weighted by Gasteiger charge is 2.34. The number of rotatable bonds is 10. The number of nitrogens with zero attached hydrogens (tertiary/aromatic N) is 4. The molecule has 0 spiro atoms. The van der Waals surface area contributed by atoms with Crippen LogP contribution in [0.5, 0.6) is 0 Å². The molecular formula is C26H37F2N5O3. The second-order valence-corrected chi connectivity index (χ2v) is 10.3. The fourth-order valence-electron chi connectivity index (χ4n) is 5.42. The van der Waals surface area contributed by atoms with E-state index < -0.39 is 17.9 Å². The molecule has 0 saturated carbocycles. The summed E-state index contributed by atoms with van der Waals surface area (Å²) in [6.07, 6.45) is 4.74. The fourth-order valence-corrected chi connectivity index (χ4v) is 5.42. The smallest absolute Gasteiger partial charge is 0.303 e. The third-order valence-corrected chi connectivity index (χ3v) is 7.50. The number of carbonyl (C=O) groups excluding carboxylic acids is 2. The molecule has 10 heteroatoms. The molecule has 198 valence electrons. The van der Waals surface area contributed by atoms with E-state index >= 15 is 0 Å². The Balaban J connectivity index is 1.29. The largest absolute Gasteiger partial charge is 0.329 e. The van der Waals surface area contributed by atoms with E-state index in [0.29, 0.717) is 31.6 Å². The standard InChI is InChI=1S/C26H37F2N5O3/c1-30(14-5-3-4-6-15-32-16-12-26(27,28)13-17-32)18-19-8-7-9-20-23(19)31(2)25(36)33(20)21-10-11-22(34)29-24(21)35/h7-9,21H,3-6,10-18H2,1-2H3,(H,29,34,35). The molecule has 0 bridgehead atoms. The highest BCUT2D eigenvalue weighted by molar-refractivity contribution is 6.00. The monoisotopic (exact) mass is 505 g/mol. The van der Waals surface area contributed by atoms with Gasteiger partial charge in [0.2, 0.25) is 11.8 Å². The van der Waals surface area contributed by atoms with Gasteiger partial charge in [0, 0.05) is 45.9 Å².